The zero-order chi connectivity index (χ0) is 19.9. The molecule has 1 saturated heterocycles. The number of esters is 1. The number of guanidine groups is 1. The number of ether oxygens (including phenoxy) is 2. The van der Waals surface area contributed by atoms with Crippen LogP contribution in [0.4, 0.5) is 13.2 Å². The topological polar surface area (TPSA) is 63.2 Å². The third kappa shape index (κ3) is 5.77. The van der Waals surface area contributed by atoms with Gasteiger partial charge >= 0.3 is 12.1 Å². The number of likely N-dealkylation sites (tertiary alicyclic amines) is 1. The Morgan fingerprint density at radius 3 is 2.56 bits per heavy atom. The Kier molecular flexibility index (Phi) is 7.32. The van der Waals surface area contributed by atoms with Crippen molar-refractivity contribution in [1.29, 1.82) is 0 Å². The molecule has 150 valence electrons. The predicted molar refractivity (Wildman–Crippen MR) is 94.6 cm³/mol. The van der Waals surface area contributed by atoms with Crippen LogP contribution in [0.2, 0.25) is 0 Å². The number of hydrogen-bond donors (Lipinski definition) is 1. The molecule has 1 aromatic rings. The number of benzene rings is 1. The van der Waals surface area contributed by atoms with Crippen molar-refractivity contribution >= 4 is 11.9 Å². The highest BCUT2D eigenvalue weighted by Crippen LogP contribution is 2.35. The summed E-state index contributed by atoms with van der Waals surface area (Å²) in [6.07, 6.45) is -3.12. The van der Waals surface area contributed by atoms with Crippen LogP contribution in [0, 0.1) is 5.92 Å². The van der Waals surface area contributed by atoms with E-state index in [1.165, 1.54) is 25.3 Å². The number of alkyl halides is 3. The molecule has 1 aliphatic heterocycles. The summed E-state index contributed by atoms with van der Waals surface area (Å²) < 4.78 is 48.9. The molecule has 0 spiro atoms. The van der Waals surface area contributed by atoms with Crippen molar-refractivity contribution in [3.63, 3.8) is 0 Å². The predicted octanol–water partition coefficient (Wildman–Crippen LogP) is 2.54. The van der Waals surface area contributed by atoms with Crippen molar-refractivity contribution < 1.29 is 27.4 Å². The molecule has 1 fully saturated rings. The lowest BCUT2D eigenvalue weighted by molar-refractivity contribution is -0.146. The quantitative estimate of drug-likeness (QED) is 0.364. The van der Waals surface area contributed by atoms with Gasteiger partial charge in [0.15, 0.2) is 5.96 Å². The fourth-order valence-corrected chi connectivity index (χ4v) is 2.98. The number of nitrogens with one attached hydrogen (secondary N) is 1. The van der Waals surface area contributed by atoms with E-state index in [1.807, 2.05) is 4.90 Å². The van der Waals surface area contributed by atoms with Gasteiger partial charge in [-0.15, -0.1) is 0 Å². The Morgan fingerprint density at radius 2 is 1.96 bits per heavy atom. The van der Waals surface area contributed by atoms with Crippen LogP contribution in [0.1, 0.15) is 18.4 Å². The SMILES string of the molecule is CN=C(NCCOc1ccccc1C(F)(F)F)N1CCC(C(=O)OC)CC1. The van der Waals surface area contributed by atoms with Crippen LogP contribution < -0.4 is 10.1 Å². The smallest absolute Gasteiger partial charge is 0.419 e. The lowest BCUT2D eigenvalue weighted by atomic mass is 9.97. The number of para-hydroxylation sites is 1. The molecular weight excluding hydrogens is 363 g/mol. The van der Waals surface area contributed by atoms with E-state index in [0.29, 0.717) is 38.4 Å². The fraction of sp³-hybridized carbons (Fsp3) is 0.556. The molecule has 0 aromatic heterocycles. The Labute approximate surface area is 156 Å². The van der Waals surface area contributed by atoms with Gasteiger partial charge in [0.2, 0.25) is 0 Å². The first kappa shape index (κ1) is 20.9. The molecule has 1 N–H and O–H groups in total. The first-order valence-corrected chi connectivity index (χ1v) is 8.69. The van der Waals surface area contributed by atoms with E-state index in [0.717, 1.165) is 6.07 Å². The monoisotopic (exact) mass is 387 g/mol. The summed E-state index contributed by atoms with van der Waals surface area (Å²) >= 11 is 0. The van der Waals surface area contributed by atoms with E-state index < -0.39 is 11.7 Å². The van der Waals surface area contributed by atoms with E-state index in [2.05, 4.69) is 10.3 Å². The van der Waals surface area contributed by atoms with Crippen LogP contribution in [0.3, 0.4) is 0 Å². The number of nitrogens with zero attached hydrogens (tertiary/aromatic N) is 2. The van der Waals surface area contributed by atoms with Crippen molar-refractivity contribution in [2.45, 2.75) is 19.0 Å². The molecule has 0 aliphatic carbocycles. The molecule has 0 radical (unpaired) electrons. The molecule has 27 heavy (non-hydrogen) atoms. The maximum Gasteiger partial charge on any atom is 0.419 e. The standard InChI is InChI=1S/C18H24F3N3O3/c1-22-17(24-10-7-13(8-11-24)16(25)26-2)23-9-12-27-15-6-4-3-5-14(15)18(19,20)21/h3-6,13H,7-12H2,1-2H3,(H,22,23). The van der Waals surface area contributed by atoms with Gasteiger partial charge in [0.05, 0.1) is 25.1 Å². The van der Waals surface area contributed by atoms with Gasteiger partial charge in [-0.2, -0.15) is 13.2 Å². The molecule has 0 bridgehead atoms. The molecule has 1 aliphatic rings. The second-order valence-corrected chi connectivity index (χ2v) is 6.10. The number of halogens is 3. The van der Waals surface area contributed by atoms with Crippen LogP contribution in [0.15, 0.2) is 29.3 Å². The summed E-state index contributed by atoms with van der Waals surface area (Å²) in [6, 6.07) is 5.12. The molecule has 0 unspecified atom stereocenters. The third-order valence-electron chi connectivity index (χ3n) is 4.38. The molecule has 0 amide bonds. The number of aliphatic imine (C=N–C) groups is 1. The summed E-state index contributed by atoms with van der Waals surface area (Å²) in [4.78, 5) is 17.8. The maximum atomic E-state index is 12.9. The first-order valence-electron chi connectivity index (χ1n) is 8.69. The van der Waals surface area contributed by atoms with Crippen LogP contribution in [-0.2, 0) is 15.7 Å². The first-order chi connectivity index (χ1) is 12.9. The highest BCUT2D eigenvalue weighted by Gasteiger charge is 2.34. The van der Waals surface area contributed by atoms with E-state index >= 15 is 0 Å². The van der Waals surface area contributed by atoms with Crippen LogP contribution in [0.25, 0.3) is 0 Å². The number of piperidine rings is 1. The summed E-state index contributed by atoms with van der Waals surface area (Å²) in [6.45, 7) is 1.66. The van der Waals surface area contributed by atoms with Crippen molar-refractivity contribution in [2.24, 2.45) is 10.9 Å². The Morgan fingerprint density at radius 1 is 1.30 bits per heavy atom. The molecule has 0 saturated carbocycles. The normalized spacial score (nSPS) is 16.2. The molecule has 6 nitrogen and oxygen atoms in total. The lowest BCUT2D eigenvalue weighted by Crippen LogP contribution is -2.47. The second-order valence-electron chi connectivity index (χ2n) is 6.10. The van der Waals surface area contributed by atoms with Crippen LogP contribution >= 0.6 is 0 Å². The highest BCUT2D eigenvalue weighted by molar-refractivity contribution is 5.80. The largest absolute Gasteiger partial charge is 0.491 e. The molecule has 1 heterocycles. The van der Waals surface area contributed by atoms with Gasteiger partial charge in [-0.05, 0) is 25.0 Å². The number of hydrogen-bond acceptors (Lipinski definition) is 4. The zero-order valence-corrected chi connectivity index (χ0v) is 15.4. The van der Waals surface area contributed by atoms with Crippen molar-refractivity contribution in [3.8, 4) is 5.75 Å². The second kappa shape index (κ2) is 9.48. The lowest BCUT2D eigenvalue weighted by Gasteiger charge is -2.33. The van der Waals surface area contributed by atoms with Crippen molar-refractivity contribution in [2.75, 3.05) is 40.4 Å². The van der Waals surface area contributed by atoms with E-state index in [1.54, 1.807) is 7.05 Å². The molecule has 0 atom stereocenters. The van der Waals surface area contributed by atoms with Crippen LogP contribution in [-0.4, -0.2) is 57.2 Å². The summed E-state index contributed by atoms with van der Waals surface area (Å²) in [5.74, 6) is 0.132. The highest BCUT2D eigenvalue weighted by atomic mass is 19.4. The summed E-state index contributed by atoms with van der Waals surface area (Å²) in [5.41, 5.74) is -0.792. The minimum absolute atomic E-state index is 0.0603. The molecule has 2 rings (SSSR count). The Bertz CT molecular complexity index is 657. The third-order valence-corrected chi connectivity index (χ3v) is 4.38. The van der Waals surface area contributed by atoms with E-state index in [-0.39, 0.29) is 24.2 Å². The van der Waals surface area contributed by atoms with Gasteiger partial charge in [-0.3, -0.25) is 9.79 Å². The molecular formula is C18H24F3N3O3. The number of methoxy groups -OCH3 is 1. The minimum Gasteiger partial charge on any atom is -0.491 e. The van der Waals surface area contributed by atoms with Gasteiger partial charge in [0, 0.05) is 20.1 Å². The van der Waals surface area contributed by atoms with Gasteiger partial charge in [-0.25, -0.2) is 0 Å². The van der Waals surface area contributed by atoms with Crippen molar-refractivity contribution in [3.05, 3.63) is 29.8 Å². The minimum atomic E-state index is -4.45. The van der Waals surface area contributed by atoms with Gasteiger partial charge < -0.3 is 19.7 Å². The fourth-order valence-electron chi connectivity index (χ4n) is 2.98. The zero-order valence-electron chi connectivity index (χ0n) is 15.4. The van der Waals surface area contributed by atoms with E-state index in [9.17, 15) is 18.0 Å². The molecule has 9 heteroatoms. The van der Waals surface area contributed by atoms with Gasteiger partial charge in [0.25, 0.3) is 0 Å². The summed E-state index contributed by atoms with van der Waals surface area (Å²) in [7, 11) is 3.01. The van der Waals surface area contributed by atoms with Crippen molar-refractivity contribution in [1.82, 2.24) is 10.2 Å². The number of carbonyl (C=O) groups is 1. The Balaban J connectivity index is 1.81. The molecule has 1 aromatic carbocycles. The average Bonchev–Trinajstić information content (AvgIpc) is 2.67. The maximum absolute atomic E-state index is 12.9. The number of carbonyl (C=O) groups excluding carboxylic acids is 1. The van der Waals surface area contributed by atoms with Gasteiger partial charge in [0.1, 0.15) is 12.4 Å². The van der Waals surface area contributed by atoms with E-state index in [4.69, 9.17) is 9.47 Å². The van der Waals surface area contributed by atoms with Crippen LogP contribution in [0.5, 0.6) is 5.75 Å². The van der Waals surface area contributed by atoms with Gasteiger partial charge in [-0.1, -0.05) is 12.1 Å². The average molecular weight is 387 g/mol. The number of rotatable bonds is 5. The Hall–Kier alpha value is -2.45. The summed E-state index contributed by atoms with van der Waals surface area (Å²) in [5, 5.41) is 3.08.